The summed E-state index contributed by atoms with van der Waals surface area (Å²) in [7, 11) is 5.95. The highest BCUT2D eigenvalue weighted by molar-refractivity contribution is 5.71. The molecule has 0 bridgehead atoms. The average molecular weight is 819 g/mol. The second kappa shape index (κ2) is 41.0. The monoisotopic (exact) mass is 819 g/mol. The van der Waals surface area contributed by atoms with Crippen molar-refractivity contribution >= 4 is 17.9 Å². The fourth-order valence-corrected chi connectivity index (χ4v) is 6.24. The number of carbonyl (C=O) groups excluding carboxylic acids is 2. The molecule has 2 atom stereocenters. The molecule has 1 N–H and O–H groups in total. The predicted molar refractivity (Wildman–Crippen MR) is 240 cm³/mol. The highest BCUT2D eigenvalue weighted by atomic mass is 16.7. The molecule has 0 saturated heterocycles. The van der Waals surface area contributed by atoms with E-state index in [1.54, 1.807) is 0 Å². The van der Waals surface area contributed by atoms with Gasteiger partial charge < -0.3 is 28.5 Å². The first-order chi connectivity index (χ1) is 28.1. The summed E-state index contributed by atoms with van der Waals surface area (Å²) in [6, 6.07) is 0. The van der Waals surface area contributed by atoms with E-state index >= 15 is 0 Å². The molecule has 0 aliphatic carbocycles. The lowest BCUT2D eigenvalue weighted by Gasteiger charge is -2.25. The fourth-order valence-electron chi connectivity index (χ4n) is 6.24. The lowest BCUT2D eigenvalue weighted by molar-refractivity contribution is -0.870. The second-order valence-electron chi connectivity index (χ2n) is 16.7. The summed E-state index contributed by atoms with van der Waals surface area (Å²) in [6.45, 7) is 4.74. The van der Waals surface area contributed by atoms with Crippen LogP contribution in [0.4, 0.5) is 0 Å². The van der Waals surface area contributed by atoms with Gasteiger partial charge in [-0.15, -0.1) is 0 Å². The molecule has 0 spiro atoms. The molecule has 0 heterocycles. The molecule has 0 radical (unpaired) electrons. The van der Waals surface area contributed by atoms with E-state index in [0.717, 1.165) is 70.6 Å². The number of likely N-dealkylation sites (N-methyl/N-ethyl adjacent to an activating group) is 1. The third-order valence-corrected chi connectivity index (χ3v) is 9.85. The van der Waals surface area contributed by atoms with Gasteiger partial charge in [-0.05, 0) is 51.4 Å². The molecule has 0 aliphatic rings. The number of ether oxygens (including phenoxy) is 4. The van der Waals surface area contributed by atoms with Crippen molar-refractivity contribution in [3.8, 4) is 0 Å². The van der Waals surface area contributed by atoms with Crippen LogP contribution in [0.5, 0.6) is 0 Å². The number of nitrogens with zero attached hydrogens (tertiary/aromatic N) is 1. The van der Waals surface area contributed by atoms with Gasteiger partial charge in [-0.2, -0.15) is 0 Å². The second-order valence-corrected chi connectivity index (χ2v) is 16.7. The van der Waals surface area contributed by atoms with E-state index in [-0.39, 0.29) is 32.2 Å². The summed E-state index contributed by atoms with van der Waals surface area (Å²) in [6.07, 6.45) is 44.5. The molecule has 0 aliphatic heterocycles. The van der Waals surface area contributed by atoms with Crippen LogP contribution in [-0.4, -0.2) is 87.4 Å². The molecular formula is C49H88NO8+. The summed E-state index contributed by atoms with van der Waals surface area (Å²) >= 11 is 0. The number of aliphatic carboxylic acids is 1. The SMILES string of the molecule is CC/C=C\C/C=C\C/C=C\C/C=C\CCCCCCCCCCC(=O)OC(COC(=O)CCCCCCCCCCCCCC)COC(OCC[N+](C)(C)C)C(=O)O. The summed E-state index contributed by atoms with van der Waals surface area (Å²) < 4.78 is 22.7. The number of hydrogen-bond acceptors (Lipinski definition) is 7. The number of quaternary nitrogens is 1. The van der Waals surface area contributed by atoms with Crippen LogP contribution in [-0.2, 0) is 33.3 Å². The van der Waals surface area contributed by atoms with Gasteiger partial charge in [0.15, 0.2) is 6.10 Å². The number of allylic oxidation sites excluding steroid dienone is 8. The predicted octanol–water partition coefficient (Wildman–Crippen LogP) is 12.4. The normalized spacial score (nSPS) is 13.3. The van der Waals surface area contributed by atoms with Gasteiger partial charge in [-0.25, -0.2) is 4.79 Å². The molecule has 2 unspecified atom stereocenters. The van der Waals surface area contributed by atoms with E-state index in [1.807, 2.05) is 21.1 Å². The quantitative estimate of drug-likeness (QED) is 0.0213. The Bertz CT molecular complexity index is 1090. The molecule has 0 amide bonds. The van der Waals surface area contributed by atoms with Crippen molar-refractivity contribution < 1.29 is 42.9 Å². The van der Waals surface area contributed by atoms with E-state index in [4.69, 9.17) is 18.9 Å². The molecule has 0 aromatic heterocycles. The molecule has 0 aromatic carbocycles. The maximum Gasteiger partial charge on any atom is 0.361 e. The summed E-state index contributed by atoms with van der Waals surface area (Å²) in [4.78, 5) is 37.1. The summed E-state index contributed by atoms with van der Waals surface area (Å²) in [5.74, 6) is -2.02. The minimum absolute atomic E-state index is 0.184. The zero-order chi connectivity index (χ0) is 42.8. The van der Waals surface area contributed by atoms with Gasteiger partial charge in [-0.1, -0.05) is 172 Å². The molecule has 0 aromatic rings. The standard InChI is InChI=1S/C49H87NO8/c1-6-8-10-12-14-16-18-20-21-22-23-24-25-26-27-28-30-32-34-36-38-40-47(52)58-45(44-57-49(48(53)54)55-42-41-50(3,4)5)43-56-46(51)39-37-35-33-31-29-19-17-15-13-11-9-7-2/h8,10,14,16,20-21,23-24,45,49H,6-7,9,11-13,15,17-19,22,25-44H2,1-5H3/p+1/b10-8-,16-14-,21-20-,24-23-. The van der Waals surface area contributed by atoms with Crippen LogP contribution >= 0.6 is 0 Å². The lowest BCUT2D eigenvalue weighted by atomic mass is 10.0. The van der Waals surface area contributed by atoms with E-state index in [0.29, 0.717) is 23.9 Å². The fraction of sp³-hybridized carbons (Fsp3) is 0.776. The van der Waals surface area contributed by atoms with E-state index in [1.165, 1.54) is 83.5 Å². The van der Waals surface area contributed by atoms with Crippen LogP contribution < -0.4 is 0 Å². The molecule has 9 heteroatoms. The van der Waals surface area contributed by atoms with Gasteiger partial charge in [0.05, 0.1) is 34.4 Å². The Balaban J connectivity index is 4.39. The zero-order valence-electron chi connectivity index (χ0n) is 37.9. The number of rotatable bonds is 42. The van der Waals surface area contributed by atoms with Crippen molar-refractivity contribution in [2.45, 2.75) is 200 Å². The van der Waals surface area contributed by atoms with Gasteiger partial charge in [0.1, 0.15) is 13.2 Å². The maximum absolute atomic E-state index is 12.8. The van der Waals surface area contributed by atoms with Gasteiger partial charge in [-0.3, -0.25) is 9.59 Å². The van der Waals surface area contributed by atoms with Crippen molar-refractivity contribution in [1.82, 2.24) is 0 Å². The number of carboxylic acids is 1. The maximum atomic E-state index is 12.8. The van der Waals surface area contributed by atoms with Crippen LogP contribution in [0.15, 0.2) is 48.6 Å². The van der Waals surface area contributed by atoms with Crippen molar-refractivity contribution in [3.05, 3.63) is 48.6 Å². The Kier molecular flexibility index (Phi) is 39.1. The molecule has 0 rings (SSSR count). The topological polar surface area (TPSA) is 108 Å². The lowest BCUT2D eigenvalue weighted by Crippen LogP contribution is -2.40. The number of esters is 2. The molecule has 58 heavy (non-hydrogen) atoms. The largest absolute Gasteiger partial charge is 0.477 e. The average Bonchev–Trinajstić information content (AvgIpc) is 3.18. The molecule has 336 valence electrons. The minimum Gasteiger partial charge on any atom is -0.477 e. The highest BCUT2D eigenvalue weighted by Gasteiger charge is 2.25. The third-order valence-electron chi connectivity index (χ3n) is 9.85. The molecular weight excluding hydrogens is 731 g/mol. The van der Waals surface area contributed by atoms with Crippen LogP contribution in [0.25, 0.3) is 0 Å². The zero-order valence-corrected chi connectivity index (χ0v) is 37.9. The molecule has 9 nitrogen and oxygen atoms in total. The van der Waals surface area contributed by atoms with Crippen molar-refractivity contribution in [2.24, 2.45) is 0 Å². The van der Waals surface area contributed by atoms with Crippen LogP contribution in [0.3, 0.4) is 0 Å². The minimum atomic E-state index is -1.51. The van der Waals surface area contributed by atoms with E-state index in [9.17, 15) is 19.5 Å². The Morgan fingerprint density at radius 1 is 0.534 bits per heavy atom. The number of carboxylic acid groups (broad SMARTS) is 1. The Hall–Kier alpha value is -2.75. The summed E-state index contributed by atoms with van der Waals surface area (Å²) in [5.41, 5.74) is 0. The molecule has 0 saturated carbocycles. The van der Waals surface area contributed by atoms with Crippen LogP contribution in [0.2, 0.25) is 0 Å². The highest BCUT2D eigenvalue weighted by Crippen LogP contribution is 2.15. The van der Waals surface area contributed by atoms with Gasteiger partial charge in [0, 0.05) is 12.8 Å². The number of unbranched alkanes of at least 4 members (excludes halogenated alkanes) is 19. The van der Waals surface area contributed by atoms with Crippen LogP contribution in [0, 0.1) is 0 Å². The van der Waals surface area contributed by atoms with Gasteiger partial charge >= 0.3 is 17.9 Å². The van der Waals surface area contributed by atoms with Crippen molar-refractivity contribution in [3.63, 3.8) is 0 Å². The number of carbonyl (C=O) groups is 3. The Morgan fingerprint density at radius 2 is 0.983 bits per heavy atom. The first-order valence-corrected chi connectivity index (χ1v) is 23.3. The molecule has 0 fully saturated rings. The van der Waals surface area contributed by atoms with Crippen LogP contribution in [0.1, 0.15) is 187 Å². The van der Waals surface area contributed by atoms with Crippen molar-refractivity contribution in [1.29, 1.82) is 0 Å². The smallest absolute Gasteiger partial charge is 0.361 e. The van der Waals surface area contributed by atoms with E-state index < -0.39 is 24.3 Å². The Morgan fingerprint density at radius 3 is 1.47 bits per heavy atom. The van der Waals surface area contributed by atoms with Crippen molar-refractivity contribution in [2.75, 3.05) is 47.5 Å². The van der Waals surface area contributed by atoms with E-state index in [2.05, 4.69) is 62.5 Å². The Labute approximate surface area is 355 Å². The first kappa shape index (κ1) is 55.2. The first-order valence-electron chi connectivity index (χ1n) is 23.3. The summed E-state index contributed by atoms with van der Waals surface area (Å²) in [5, 5.41) is 9.64. The van der Waals surface area contributed by atoms with Gasteiger partial charge in [0.2, 0.25) is 0 Å². The number of hydrogen-bond donors (Lipinski definition) is 1. The van der Waals surface area contributed by atoms with Gasteiger partial charge in [0.25, 0.3) is 6.29 Å². The third kappa shape index (κ3) is 41.4.